The van der Waals surface area contributed by atoms with E-state index in [9.17, 15) is 0 Å². The summed E-state index contributed by atoms with van der Waals surface area (Å²) in [5.41, 5.74) is 7.04. The fraction of sp³-hybridized carbons (Fsp3) is 0.0833. The van der Waals surface area contributed by atoms with E-state index < -0.39 is 0 Å². The van der Waals surface area contributed by atoms with Gasteiger partial charge in [0.25, 0.3) is 0 Å². The first kappa shape index (κ1) is 12.0. The first-order valence-electron chi connectivity index (χ1n) is 4.93. The van der Waals surface area contributed by atoms with Crippen molar-refractivity contribution in [2.24, 2.45) is 0 Å². The van der Waals surface area contributed by atoms with E-state index in [1.807, 2.05) is 0 Å². The Morgan fingerprint density at radius 1 is 1.18 bits per heavy atom. The van der Waals surface area contributed by atoms with Crippen LogP contribution in [0.4, 0.5) is 5.69 Å². The molecule has 0 saturated heterocycles. The number of anilines is 1. The lowest BCUT2D eigenvalue weighted by atomic mass is 10.3. The molecule has 2 rings (SSSR count). The maximum Gasteiger partial charge on any atom is 0.138 e. The summed E-state index contributed by atoms with van der Waals surface area (Å²) < 4.78 is 5.52. The molecule has 2 aromatic rings. The number of hydrogen-bond acceptors (Lipinski definition) is 3. The van der Waals surface area contributed by atoms with Gasteiger partial charge in [-0.25, -0.2) is 0 Å². The van der Waals surface area contributed by atoms with Crippen LogP contribution in [-0.4, -0.2) is 4.98 Å². The number of benzene rings is 1. The Morgan fingerprint density at radius 3 is 2.71 bits per heavy atom. The van der Waals surface area contributed by atoms with Gasteiger partial charge in [0.05, 0.1) is 10.7 Å². The average molecular weight is 269 g/mol. The van der Waals surface area contributed by atoms with Crippen LogP contribution < -0.4 is 10.5 Å². The molecular weight excluding hydrogens is 259 g/mol. The van der Waals surface area contributed by atoms with Crippen molar-refractivity contribution in [1.82, 2.24) is 4.98 Å². The van der Waals surface area contributed by atoms with Gasteiger partial charge in [0.2, 0.25) is 0 Å². The zero-order valence-electron chi connectivity index (χ0n) is 8.86. The maximum atomic E-state index is 5.97. The van der Waals surface area contributed by atoms with Gasteiger partial charge in [-0.3, -0.25) is 4.98 Å². The van der Waals surface area contributed by atoms with E-state index in [1.165, 1.54) is 0 Å². The van der Waals surface area contributed by atoms with Gasteiger partial charge in [-0.05, 0) is 30.3 Å². The molecule has 88 valence electrons. The summed E-state index contributed by atoms with van der Waals surface area (Å²) in [7, 11) is 0. The number of hydrogen-bond donors (Lipinski definition) is 1. The number of nitrogens with two attached hydrogens (primary N) is 1. The fourth-order valence-electron chi connectivity index (χ4n) is 1.32. The number of rotatable bonds is 3. The second-order valence-electron chi connectivity index (χ2n) is 3.44. The van der Waals surface area contributed by atoms with Crippen LogP contribution in [0.2, 0.25) is 10.0 Å². The molecule has 0 radical (unpaired) electrons. The van der Waals surface area contributed by atoms with E-state index in [1.54, 1.807) is 36.5 Å². The molecular formula is C12H10Cl2N2O. The van der Waals surface area contributed by atoms with Crippen molar-refractivity contribution < 1.29 is 4.74 Å². The Labute approximate surface area is 109 Å². The molecule has 0 spiro atoms. The molecule has 0 aliphatic rings. The van der Waals surface area contributed by atoms with Crippen molar-refractivity contribution in [3.05, 3.63) is 52.3 Å². The third kappa shape index (κ3) is 3.25. The zero-order valence-corrected chi connectivity index (χ0v) is 10.4. The van der Waals surface area contributed by atoms with E-state index in [0.29, 0.717) is 28.1 Å². The molecule has 0 fully saturated rings. The molecule has 17 heavy (non-hydrogen) atoms. The predicted molar refractivity (Wildman–Crippen MR) is 69.4 cm³/mol. The quantitative estimate of drug-likeness (QED) is 0.926. The number of nitrogen functional groups attached to an aromatic ring is 1. The van der Waals surface area contributed by atoms with E-state index in [2.05, 4.69) is 4.98 Å². The molecule has 1 aromatic carbocycles. The number of halogens is 2. The number of pyridine rings is 1. The molecule has 0 unspecified atom stereocenters. The normalized spacial score (nSPS) is 10.2. The predicted octanol–water partition coefficient (Wildman–Crippen LogP) is 3.55. The standard InChI is InChI=1S/C12H10Cl2N2O/c13-8-1-2-12(11(14)5-8)17-7-10-6-9(15)3-4-16-10/h1-6H,7H2,(H2,15,16). The first-order valence-corrected chi connectivity index (χ1v) is 5.69. The smallest absolute Gasteiger partial charge is 0.138 e. The molecule has 3 nitrogen and oxygen atoms in total. The van der Waals surface area contributed by atoms with Gasteiger partial charge in [-0.15, -0.1) is 0 Å². The van der Waals surface area contributed by atoms with Crippen molar-refractivity contribution in [2.75, 3.05) is 5.73 Å². The Hall–Kier alpha value is -1.45. The van der Waals surface area contributed by atoms with Crippen molar-refractivity contribution in [3.8, 4) is 5.75 Å². The van der Waals surface area contributed by atoms with E-state index in [0.717, 1.165) is 5.69 Å². The van der Waals surface area contributed by atoms with Crippen LogP contribution in [0.15, 0.2) is 36.5 Å². The van der Waals surface area contributed by atoms with Crippen LogP contribution in [0.3, 0.4) is 0 Å². The topological polar surface area (TPSA) is 48.1 Å². The lowest BCUT2D eigenvalue weighted by Crippen LogP contribution is -1.99. The number of nitrogens with zero attached hydrogens (tertiary/aromatic N) is 1. The highest BCUT2D eigenvalue weighted by Crippen LogP contribution is 2.28. The van der Waals surface area contributed by atoms with Gasteiger partial charge in [-0.1, -0.05) is 23.2 Å². The van der Waals surface area contributed by atoms with Crippen molar-refractivity contribution in [1.29, 1.82) is 0 Å². The van der Waals surface area contributed by atoms with Crippen molar-refractivity contribution >= 4 is 28.9 Å². The Bertz CT molecular complexity index is 532. The minimum Gasteiger partial charge on any atom is -0.486 e. The molecule has 0 saturated carbocycles. The van der Waals surface area contributed by atoms with Gasteiger partial charge >= 0.3 is 0 Å². The molecule has 0 atom stereocenters. The molecule has 1 heterocycles. The Kier molecular flexibility index (Phi) is 3.71. The van der Waals surface area contributed by atoms with Crippen LogP contribution in [0.1, 0.15) is 5.69 Å². The van der Waals surface area contributed by atoms with E-state index in [-0.39, 0.29) is 0 Å². The summed E-state index contributed by atoms with van der Waals surface area (Å²) in [4.78, 5) is 4.13. The van der Waals surface area contributed by atoms with Crippen LogP contribution in [0.25, 0.3) is 0 Å². The SMILES string of the molecule is Nc1ccnc(COc2ccc(Cl)cc2Cl)c1. The van der Waals surface area contributed by atoms with Crippen LogP contribution in [-0.2, 0) is 6.61 Å². The summed E-state index contributed by atoms with van der Waals surface area (Å²) in [6, 6.07) is 8.54. The van der Waals surface area contributed by atoms with Crippen LogP contribution in [0.5, 0.6) is 5.75 Å². The minimum atomic E-state index is 0.312. The Morgan fingerprint density at radius 2 is 2.00 bits per heavy atom. The molecule has 2 N–H and O–H groups in total. The highest BCUT2D eigenvalue weighted by molar-refractivity contribution is 6.35. The first-order chi connectivity index (χ1) is 8.15. The molecule has 0 amide bonds. The molecule has 0 bridgehead atoms. The van der Waals surface area contributed by atoms with Gasteiger partial charge < -0.3 is 10.5 Å². The molecule has 5 heteroatoms. The molecule has 0 aliphatic carbocycles. The lowest BCUT2D eigenvalue weighted by Gasteiger charge is -2.08. The average Bonchev–Trinajstić information content (AvgIpc) is 2.28. The Balaban J connectivity index is 2.07. The summed E-state index contributed by atoms with van der Waals surface area (Å²) in [6.07, 6.45) is 1.64. The monoisotopic (exact) mass is 268 g/mol. The van der Waals surface area contributed by atoms with Gasteiger partial charge in [0, 0.05) is 16.9 Å². The third-order valence-electron chi connectivity index (χ3n) is 2.11. The van der Waals surface area contributed by atoms with Gasteiger partial charge in [-0.2, -0.15) is 0 Å². The second kappa shape index (κ2) is 5.25. The van der Waals surface area contributed by atoms with Crippen LogP contribution >= 0.6 is 23.2 Å². The van der Waals surface area contributed by atoms with Gasteiger partial charge in [0.15, 0.2) is 0 Å². The fourth-order valence-corrected chi connectivity index (χ4v) is 1.78. The van der Waals surface area contributed by atoms with E-state index in [4.69, 9.17) is 33.7 Å². The zero-order chi connectivity index (χ0) is 12.3. The number of ether oxygens (including phenoxy) is 1. The molecule has 1 aromatic heterocycles. The maximum absolute atomic E-state index is 5.97. The second-order valence-corrected chi connectivity index (χ2v) is 4.29. The molecule has 0 aliphatic heterocycles. The summed E-state index contributed by atoms with van der Waals surface area (Å²) in [5.74, 6) is 0.570. The van der Waals surface area contributed by atoms with Crippen molar-refractivity contribution in [3.63, 3.8) is 0 Å². The summed E-state index contributed by atoms with van der Waals surface area (Å²) in [5, 5.41) is 1.05. The number of aromatic nitrogens is 1. The summed E-state index contributed by atoms with van der Waals surface area (Å²) in [6.45, 7) is 0.312. The minimum absolute atomic E-state index is 0.312. The van der Waals surface area contributed by atoms with Gasteiger partial charge in [0.1, 0.15) is 12.4 Å². The summed E-state index contributed by atoms with van der Waals surface area (Å²) >= 11 is 11.8. The third-order valence-corrected chi connectivity index (χ3v) is 2.64. The van der Waals surface area contributed by atoms with E-state index >= 15 is 0 Å². The van der Waals surface area contributed by atoms with Crippen LogP contribution in [0, 0.1) is 0 Å². The highest BCUT2D eigenvalue weighted by Gasteiger charge is 2.03. The van der Waals surface area contributed by atoms with Crippen molar-refractivity contribution in [2.45, 2.75) is 6.61 Å². The largest absolute Gasteiger partial charge is 0.486 e. The lowest BCUT2D eigenvalue weighted by molar-refractivity contribution is 0.301. The highest BCUT2D eigenvalue weighted by atomic mass is 35.5.